The van der Waals surface area contributed by atoms with E-state index in [1.165, 1.54) is 11.6 Å². The monoisotopic (exact) mass is 411 g/mol. The summed E-state index contributed by atoms with van der Waals surface area (Å²) in [6.45, 7) is 2.57. The molecule has 2 heterocycles. The van der Waals surface area contributed by atoms with E-state index in [-0.39, 0.29) is 12.5 Å². The molecule has 1 amide bonds. The third-order valence-corrected chi connectivity index (χ3v) is 5.46. The van der Waals surface area contributed by atoms with Gasteiger partial charge in [0.25, 0.3) is 5.91 Å². The first-order chi connectivity index (χ1) is 14.1. The van der Waals surface area contributed by atoms with Gasteiger partial charge in [0.05, 0.1) is 5.02 Å². The average Bonchev–Trinajstić information content (AvgIpc) is 2.72. The predicted molar refractivity (Wildman–Crippen MR) is 114 cm³/mol. The van der Waals surface area contributed by atoms with Gasteiger partial charge in [0.1, 0.15) is 11.3 Å². The highest BCUT2D eigenvalue weighted by Crippen LogP contribution is 2.32. The van der Waals surface area contributed by atoms with Gasteiger partial charge in [-0.15, -0.1) is 0 Å². The van der Waals surface area contributed by atoms with Crippen molar-refractivity contribution in [3.63, 3.8) is 0 Å². The zero-order chi connectivity index (χ0) is 20.4. The largest absolute Gasteiger partial charge is 0.482 e. The molecule has 1 aromatic heterocycles. The van der Waals surface area contributed by atoms with Crippen LogP contribution in [0.25, 0.3) is 11.0 Å². The molecule has 4 rings (SSSR count). The number of hydrogen-bond acceptors (Lipinski definition) is 4. The molecule has 1 aliphatic heterocycles. The molecule has 0 saturated heterocycles. The van der Waals surface area contributed by atoms with Crippen LogP contribution in [-0.4, -0.2) is 19.1 Å². The zero-order valence-electron chi connectivity index (χ0n) is 16.2. The zero-order valence-corrected chi connectivity index (χ0v) is 17.0. The normalized spacial score (nSPS) is 13.4. The summed E-state index contributed by atoms with van der Waals surface area (Å²) < 4.78 is 11.1. The van der Waals surface area contributed by atoms with Crippen LogP contribution in [0.3, 0.4) is 0 Å². The second-order valence-electron chi connectivity index (χ2n) is 7.19. The third kappa shape index (κ3) is 4.01. The Hall–Kier alpha value is -2.79. The van der Waals surface area contributed by atoms with Gasteiger partial charge in [0.2, 0.25) is 0 Å². The molecule has 150 valence electrons. The number of ether oxygens (including phenoxy) is 1. The fourth-order valence-corrected chi connectivity index (χ4v) is 4.04. The summed E-state index contributed by atoms with van der Waals surface area (Å²) >= 11 is 6.40. The van der Waals surface area contributed by atoms with Gasteiger partial charge in [-0.2, -0.15) is 0 Å². The Labute approximate surface area is 173 Å². The molecule has 0 saturated carbocycles. The number of rotatable bonds is 5. The van der Waals surface area contributed by atoms with Crippen molar-refractivity contribution in [3.05, 3.63) is 69.0 Å². The van der Waals surface area contributed by atoms with Crippen LogP contribution in [0.5, 0.6) is 5.75 Å². The number of carbonyl (C=O) groups is 1. The molecule has 0 radical (unpaired) electrons. The van der Waals surface area contributed by atoms with Gasteiger partial charge in [-0.1, -0.05) is 43.1 Å². The Morgan fingerprint density at radius 3 is 2.90 bits per heavy atom. The van der Waals surface area contributed by atoms with Crippen molar-refractivity contribution in [1.29, 1.82) is 0 Å². The number of halogens is 1. The molecular formula is C23H22ClNO4. The van der Waals surface area contributed by atoms with Crippen molar-refractivity contribution in [2.24, 2.45) is 0 Å². The van der Waals surface area contributed by atoms with Crippen LogP contribution >= 0.6 is 11.6 Å². The maximum atomic E-state index is 12.8. The fraction of sp³-hybridized carbons (Fsp3) is 0.304. The van der Waals surface area contributed by atoms with Crippen molar-refractivity contribution in [1.82, 2.24) is 0 Å². The van der Waals surface area contributed by atoms with E-state index in [1.54, 1.807) is 17.0 Å². The van der Waals surface area contributed by atoms with Crippen LogP contribution in [0.15, 0.2) is 51.7 Å². The average molecular weight is 412 g/mol. The van der Waals surface area contributed by atoms with E-state index < -0.39 is 5.63 Å². The van der Waals surface area contributed by atoms with E-state index in [9.17, 15) is 9.59 Å². The minimum Gasteiger partial charge on any atom is -0.482 e. The van der Waals surface area contributed by atoms with Gasteiger partial charge >= 0.3 is 5.63 Å². The molecule has 0 unspecified atom stereocenters. The summed E-state index contributed by atoms with van der Waals surface area (Å²) in [7, 11) is 0. The first kappa shape index (κ1) is 19.5. The molecule has 5 nitrogen and oxygen atoms in total. The maximum Gasteiger partial charge on any atom is 0.336 e. The number of fused-ring (bicyclic) bond motifs is 2. The molecule has 6 heteroatoms. The van der Waals surface area contributed by atoms with Gasteiger partial charge < -0.3 is 14.1 Å². The van der Waals surface area contributed by atoms with E-state index in [1.807, 2.05) is 31.2 Å². The molecule has 0 spiro atoms. The van der Waals surface area contributed by atoms with E-state index >= 15 is 0 Å². The molecule has 0 aliphatic carbocycles. The Kier molecular flexibility index (Phi) is 5.58. The lowest BCUT2D eigenvalue weighted by atomic mass is 10.0. The summed E-state index contributed by atoms with van der Waals surface area (Å²) in [6.07, 6.45) is 3.55. The molecular weight excluding hydrogens is 390 g/mol. The van der Waals surface area contributed by atoms with Crippen molar-refractivity contribution < 1.29 is 13.9 Å². The Balaban J connectivity index is 1.56. The van der Waals surface area contributed by atoms with E-state index in [2.05, 4.69) is 0 Å². The van der Waals surface area contributed by atoms with Crippen LogP contribution in [-0.2, 0) is 17.6 Å². The van der Waals surface area contributed by atoms with E-state index in [4.69, 9.17) is 20.8 Å². The van der Waals surface area contributed by atoms with Gasteiger partial charge in [-0.05, 0) is 42.5 Å². The number of benzene rings is 2. The molecule has 2 aromatic carbocycles. The molecule has 0 atom stereocenters. The number of amides is 1. The summed E-state index contributed by atoms with van der Waals surface area (Å²) in [4.78, 5) is 26.4. The van der Waals surface area contributed by atoms with Crippen molar-refractivity contribution in [3.8, 4) is 5.75 Å². The van der Waals surface area contributed by atoms with Crippen LogP contribution in [0, 0.1) is 0 Å². The number of para-hydroxylation sites is 1. The molecule has 0 fully saturated rings. The van der Waals surface area contributed by atoms with E-state index in [0.717, 1.165) is 42.3 Å². The lowest BCUT2D eigenvalue weighted by Crippen LogP contribution is -2.38. The van der Waals surface area contributed by atoms with E-state index in [0.29, 0.717) is 22.9 Å². The molecule has 29 heavy (non-hydrogen) atoms. The highest BCUT2D eigenvalue weighted by molar-refractivity contribution is 6.32. The molecule has 0 bridgehead atoms. The second-order valence-corrected chi connectivity index (χ2v) is 7.59. The topological polar surface area (TPSA) is 59.8 Å². The molecule has 0 N–H and O–H groups in total. The minimum atomic E-state index is -0.407. The third-order valence-electron chi connectivity index (χ3n) is 5.16. The standard InChI is InChI=1S/C23H22ClNO4/c1-2-6-16-11-23(27)29-20-13-21(18(24)12-17(16)20)28-14-22(26)25-10-5-8-15-7-3-4-9-19(15)25/h3-4,7,9,11-13H,2,5-6,8,10,14H2,1H3. The van der Waals surface area contributed by atoms with Gasteiger partial charge in [0.15, 0.2) is 6.61 Å². The Bertz CT molecular complexity index is 1120. The maximum absolute atomic E-state index is 12.8. The Morgan fingerprint density at radius 1 is 1.24 bits per heavy atom. The highest BCUT2D eigenvalue weighted by atomic mass is 35.5. The van der Waals surface area contributed by atoms with Crippen LogP contribution < -0.4 is 15.3 Å². The first-order valence-corrected chi connectivity index (χ1v) is 10.2. The molecule has 3 aromatic rings. The minimum absolute atomic E-state index is 0.130. The smallest absolute Gasteiger partial charge is 0.336 e. The number of nitrogens with zero attached hydrogens (tertiary/aromatic N) is 1. The fourth-order valence-electron chi connectivity index (χ4n) is 3.82. The summed E-state index contributed by atoms with van der Waals surface area (Å²) in [6, 6.07) is 12.8. The quantitative estimate of drug-likeness (QED) is 0.568. The van der Waals surface area contributed by atoms with Crippen LogP contribution in [0.1, 0.15) is 30.9 Å². The predicted octanol–water partition coefficient (Wildman–Crippen LogP) is 4.76. The number of anilines is 1. The van der Waals surface area contributed by atoms with Gasteiger partial charge in [0, 0.05) is 29.8 Å². The number of carbonyl (C=O) groups excluding carboxylic acids is 1. The van der Waals surface area contributed by atoms with Crippen LogP contribution in [0.4, 0.5) is 5.69 Å². The summed E-state index contributed by atoms with van der Waals surface area (Å²) in [5.41, 5.74) is 3.01. The first-order valence-electron chi connectivity index (χ1n) is 9.84. The van der Waals surface area contributed by atoms with Gasteiger partial charge in [-0.25, -0.2) is 4.79 Å². The van der Waals surface area contributed by atoms with Crippen LogP contribution in [0.2, 0.25) is 5.02 Å². The second kappa shape index (κ2) is 8.29. The number of aryl methyl sites for hydroxylation is 2. The summed E-state index contributed by atoms with van der Waals surface area (Å²) in [5.74, 6) is 0.198. The summed E-state index contributed by atoms with van der Waals surface area (Å²) in [5, 5.41) is 1.18. The lowest BCUT2D eigenvalue weighted by molar-refractivity contribution is -0.120. The van der Waals surface area contributed by atoms with Crippen molar-refractivity contribution >= 4 is 34.2 Å². The lowest BCUT2D eigenvalue weighted by Gasteiger charge is -2.29. The highest BCUT2D eigenvalue weighted by Gasteiger charge is 2.23. The van der Waals surface area contributed by atoms with Gasteiger partial charge in [-0.3, -0.25) is 4.79 Å². The number of hydrogen-bond donors (Lipinski definition) is 0. The molecule has 1 aliphatic rings. The van der Waals surface area contributed by atoms with Crippen molar-refractivity contribution in [2.45, 2.75) is 32.6 Å². The Morgan fingerprint density at radius 2 is 2.07 bits per heavy atom. The van der Waals surface area contributed by atoms with Crippen molar-refractivity contribution in [2.75, 3.05) is 18.1 Å². The SMILES string of the molecule is CCCc1cc(=O)oc2cc(OCC(=O)N3CCCc4ccccc43)c(Cl)cc12.